The first-order valence-electron chi connectivity index (χ1n) is 8.79. The average molecular weight is 387 g/mol. The molecular weight excluding hydrogens is 362 g/mol. The van der Waals surface area contributed by atoms with Crippen LogP contribution in [0.5, 0.6) is 17.2 Å². The van der Waals surface area contributed by atoms with Crippen LogP contribution >= 0.6 is 0 Å². The van der Waals surface area contributed by atoms with Crippen molar-refractivity contribution in [3.05, 3.63) is 47.3 Å². The Bertz CT molecular complexity index is 796. The molecule has 0 aliphatic rings. The van der Waals surface area contributed by atoms with Crippen molar-refractivity contribution in [2.24, 2.45) is 0 Å². The molecule has 150 valence electrons. The van der Waals surface area contributed by atoms with Crippen LogP contribution in [0, 0.1) is 6.92 Å². The van der Waals surface area contributed by atoms with E-state index in [0.29, 0.717) is 47.9 Å². The van der Waals surface area contributed by atoms with Gasteiger partial charge in [0.15, 0.2) is 11.5 Å². The molecule has 8 nitrogen and oxygen atoms in total. The minimum absolute atomic E-state index is 0.191. The summed E-state index contributed by atoms with van der Waals surface area (Å²) >= 11 is 0. The van der Waals surface area contributed by atoms with Crippen LogP contribution in [-0.4, -0.2) is 51.2 Å². The minimum atomic E-state index is -0.270. The van der Waals surface area contributed by atoms with Gasteiger partial charge < -0.3 is 24.8 Å². The highest BCUT2D eigenvalue weighted by Gasteiger charge is 2.16. The van der Waals surface area contributed by atoms with E-state index in [1.807, 2.05) is 6.92 Å². The highest BCUT2D eigenvalue weighted by Crippen LogP contribution is 2.38. The molecule has 8 heteroatoms. The first kappa shape index (κ1) is 21.0. The molecule has 0 spiro atoms. The van der Waals surface area contributed by atoms with Crippen molar-refractivity contribution in [1.29, 1.82) is 0 Å². The predicted molar refractivity (Wildman–Crippen MR) is 104 cm³/mol. The quantitative estimate of drug-likeness (QED) is 0.638. The van der Waals surface area contributed by atoms with Crippen LogP contribution in [0.1, 0.15) is 32.8 Å². The number of ether oxygens (including phenoxy) is 3. The van der Waals surface area contributed by atoms with Crippen LogP contribution in [-0.2, 0) is 0 Å². The monoisotopic (exact) mass is 387 g/mol. The number of hydrogen-bond donors (Lipinski definition) is 2. The number of carbonyl (C=O) groups excluding carboxylic acids is 2. The van der Waals surface area contributed by atoms with Crippen molar-refractivity contribution in [3.63, 3.8) is 0 Å². The van der Waals surface area contributed by atoms with Gasteiger partial charge in [-0.1, -0.05) is 0 Å². The van der Waals surface area contributed by atoms with E-state index >= 15 is 0 Å². The molecule has 28 heavy (non-hydrogen) atoms. The zero-order valence-corrected chi connectivity index (χ0v) is 16.5. The van der Waals surface area contributed by atoms with Crippen molar-refractivity contribution < 1.29 is 23.8 Å². The van der Waals surface area contributed by atoms with Gasteiger partial charge in [-0.25, -0.2) is 0 Å². The number of hydrogen-bond acceptors (Lipinski definition) is 6. The second kappa shape index (κ2) is 10.1. The standard InChI is InChI=1S/C20H25N3O5/c1-13-6-7-14(12-23-13)19(24)21-8-5-9-22-20(25)15-10-16(26-2)18(28-4)17(11-15)27-3/h6-7,10-12H,5,8-9H2,1-4H3,(H,21,24)(H,22,25). The number of nitrogens with zero attached hydrogens (tertiary/aromatic N) is 1. The van der Waals surface area contributed by atoms with Gasteiger partial charge >= 0.3 is 0 Å². The predicted octanol–water partition coefficient (Wildman–Crippen LogP) is 1.97. The Morgan fingerprint density at radius 1 is 0.893 bits per heavy atom. The SMILES string of the molecule is COc1cc(C(=O)NCCCNC(=O)c2ccc(C)nc2)cc(OC)c1OC. The highest BCUT2D eigenvalue weighted by molar-refractivity contribution is 5.95. The normalized spacial score (nSPS) is 10.1. The van der Waals surface area contributed by atoms with Crippen LogP contribution < -0.4 is 24.8 Å². The number of rotatable bonds is 9. The van der Waals surface area contributed by atoms with Crippen molar-refractivity contribution in [2.45, 2.75) is 13.3 Å². The zero-order valence-electron chi connectivity index (χ0n) is 16.5. The van der Waals surface area contributed by atoms with Crippen LogP contribution in [0.15, 0.2) is 30.5 Å². The summed E-state index contributed by atoms with van der Waals surface area (Å²) in [5, 5.41) is 5.60. The molecule has 0 atom stereocenters. The van der Waals surface area contributed by atoms with Gasteiger partial charge in [-0.2, -0.15) is 0 Å². The van der Waals surface area contributed by atoms with E-state index in [0.717, 1.165) is 5.69 Å². The topological polar surface area (TPSA) is 98.8 Å². The molecule has 2 amide bonds. The second-order valence-electron chi connectivity index (χ2n) is 5.97. The van der Waals surface area contributed by atoms with E-state index in [1.54, 1.807) is 24.3 Å². The maximum absolute atomic E-state index is 12.4. The number of aromatic nitrogens is 1. The van der Waals surface area contributed by atoms with Crippen molar-refractivity contribution in [3.8, 4) is 17.2 Å². The fraction of sp³-hybridized carbons (Fsp3) is 0.350. The van der Waals surface area contributed by atoms with Gasteiger partial charge in [0, 0.05) is 30.5 Å². The highest BCUT2D eigenvalue weighted by atomic mass is 16.5. The molecule has 0 saturated heterocycles. The molecule has 0 saturated carbocycles. The van der Waals surface area contributed by atoms with Gasteiger partial charge in [0.2, 0.25) is 5.75 Å². The Morgan fingerprint density at radius 3 is 1.93 bits per heavy atom. The molecule has 0 radical (unpaired) electrons. The summed E-state index contributed by atoms with van der Waals surface area (Å²) < 4.78 is 15.7. The van der Waals surface area contributed by atoms with Crippen LogP contribution in [0.2, 0.25) is 0 Å². The van der Waals surface area contributed by atoms with E-state index in [4.69, 9.17) is 14.2 Å². The summed E-state index contributed by atoms with van der Waals surface area (Å²) in [6.45, 7) is 2.70. The Balaban J connectivity index is 1.84. The summed E-state index contributed by atoms with van der Waals surface area (Å²) in [5.41, 5.74) is 1.75. The van der Waals surface area contributed by atoms with E-state index in [9.17, 15) is 9.59 Å². The number of aryl methyl sites for hydroxylation is 1. The number of methoxy groups -OCH3 is 3. The smallest absolute Gasteiger partial charge is 0.252 e. The van der Waals surface area contributed by atoms with Gasteiger partial charge in [-0.3, -0.25) is 14.6 Å². The second-order valence-corrected chi connectivity index (χ2v) is 5.97. The molecule has 1 aromatic carbocycles. The average Bonchev–Trinajstić information content (AvgIpc) is 2.72. The van der Waals surface area contributed by atoms with Gasteiger partial charge in [-0.15, -0.1) is 0 Å². The van der Waals surface area contributed by atoms with Gasteiger partial charge in [-0.05, 0) is 37.6 Å². The number of benzene rings is 1. The van der Waals surface area contributed by atoms with E-state index < -0.39 is 0 Å². The first-order valence-corrected chi connectivity index (χ1v) is 8.79. The summed E-state index contributed by atoms with van der Waals surface area (Å²) in [6.07, 6.45) is 2.12. The number of carbonyl (C=O) groups is 2. The fourth-order valence-corrected chi connectivity index (χ4v) is 2.51. The summed E-state index contributed by atoms with van der Waals surface area (Å²) in [4.78, 5) is 28.5. The number of nitrogens with one attached hydrogen (secondary N) is 2. The van der Waals surface area contributed by atoms with Crippen LogP contribution in [0.25, 0.3) is 0 Å². The van der Waals surface area contributed by atoms with Gasteiger partial charge in [0.25, 0.3) is 11.8 Å². The molecule has 0 fully saturated rings. The lowest BCUT2D eigenvalue weighted by atomic mass is 10.1. The zero-order chi connectivity index (χ0) is 20.5. The molecule has 2 rings (SSSR count). The number of pyridine rings is 1. The Kier molecular flexibility index (Phi) is 7.62. The first-order chi connectivity index (χ1) is 13.5. The maximum atomic E-state index is 12.4. The molecule has 0 unspecified atom stereocenters. The van der Waals surface area contributed by atoms with Gasteiger partial charge in [0.05, 0.1) is 26.9 Å². The Labute approximate surface area is 164 Å². The maximum Gasteiger partial charge on any atom is 0.252 e. The van der Waals surface area contributed by atoms with Crippen molar-refractivity contribution >= 4 is 11.8 Å². The molecule has 0 aliphatic heterocycles. The third-order valence-corrected chi connectivity index (χ3v) is 4.03. The number of amides is 2. The molecule has 1 aromatic heterocycles. The summed E-state index contributed by atoms with van der Waals surface area (Å²) in [7, 11) is 4.48. The molecular formula is C20H25N3O5. The van der Waals surface area contributed by atoms with Crippen molar-refractivity contribution in [2.75, 3.05) is 34.4 Å². The molecule has 0 aliphatic carbocycles. The Hall–Kier alpha value is -3.29. The lowest BCUT2D eigenvalue weighted by Crippen LogP contribution is -2.30. The Morgan fingerprint density at radius 2 is 1.46 bits per heavy atom. The van der Waals surface area contributed by atoms with E-state index in [-0.39, 0.29) is 11.8 Å². The van der Waals surface area contributed by atoms with Crippen LogP contribution in [0.3, 0.4) is 0 Å². The summed E-state index contributed by atoms with van der Waals surface area (Å²) in [6, 6.07) is 6.68. The lowest BCUT2D eigenvalue weighted by molar-refractivity contribution is 0.0951. The van der Waals surface area contributed by atoms with Gasteiger partial charge in [0.1, 0.15) is 0 Å². The largest absolute Gasteiger partial charge is 0.493 e. The minimum Gasteiger partial charge on any atom is -0.493 e. The van der Waals surface area contributed by atoms with E-state index in [1.165, 1.54) is 27.5 Å². The fourth-order valence-electron chi connectivity index (χ4n) is 2.51. The third kappa shape index (κ3) is 5.35. The summed E-state index contributed by atoms with van der Waals surface area (Å²) in [5.74, 6) is 0.781. The van der Waals surface area contributed by atoms with Crippen molar-refractivity contribution in [1.82, 2.24) is 15.6 Å². The molecule has 2 N–H and O–H groups in total. The molecule has 2 aromatic rings. The molecule has 0 bridgehead atoms. The lowest BCUT2D eigenvalue weighted by Gasteiger charge is -2.14. The third-order valence-electron chi connectivity index (χ3n) is 4.03. The van der Waals surface area contributed by atoms with Crippen LogP contribution in [0.4, 0.5) is 0 Å². The molecule has 1 heterocycles. The van der Waals surface area contributed by atoms with E-state index in [2.05, 4.69) is 15.6 Å².